The second kappa shape index (κ2) is 3.59. The predicted molar refractivity (Wildman–Crippen MR) is 62.7 cm³/mol. The molecule has 2 heterocycles. The van der Waals surface area contributed by atoms with Crippen molar-refractivity contribution in [3.05, 3.63) is 11.0 Å². The molecule has 1 aliphatic rings. The van der Waals surface area contributed by atoms with E-state index in [0.29, 0.717) is 5.82 Å². The van der Waals surface area contributed by atoms with Gasteiger partial charge in [0, 0.05) is 7.05 Å². The molecule has 0 bridgehead atoms. The van der Waals surface area contributed by atoms with Gasteiger partial charge in [-0.3, -0.25) is 5.10 Å². The van der Waals surface area contributed by atoms with E-state index in [0.717, 1.165) is 29.1 Å². The lowest BCUT2D eigenvalue weighted by Gasteiger charge is -2.00. The number of nitrogens with zero attached hydrogens (tertiary/aromatic N) is 3. The molecule has 0 amide bonds. The summed E-state index contributed by atoms with van der Waals surface area (Å²) in [5, 5.41) is 10.5. The molecule has 6 heteroatoms. The Labute approximate surface area is 97.6 Å². The molecule has 16 heavy (non-hydrogen) atoms. The summed E-state index contributed by atoms with van der Waals surface area (Å²) in [7, 11) is 1.80. The summed E-state index contributed by atoms with van der Waals surface area (Å²) in [6.07, 6.45) is 3.61. The van der Waals surface area contributed by atoms with Crippen molar-refractivity contribution < 1.29 is 0 Å². The maximum Gasteiger partial charge on any atom is 0.225 e. The first-order chi connectivity index (χ1) is 7.78. The van der Waals surface area contributed by atoms with Gasteiger partial charge in [0.25, 0.3) is 0 Å². The molecule has 0 aliphatic heterocycles. The first kappa shape index (κ1) is 9.84. The second-order valence-electron chi connectivity index (χ2n) is 4.14. The van der Waals surface area contributed by atoms with E-state index in [1.54, 1.807) is 7.05 Å². The van der Waals surface area contributed by atoms with Crippen LogP contribution in [-0.2, 0) is 6.42 Å². The first-order valence-corrected chi connectivity index (χ1v) is 5.74. The Balaban J connectivity index is 2.12. The van der Waals surface area contributed by atoms with Gasteiger partial charge in [-0.15, -0.1) is 0 Å². The van der Waals surface area contributed by atoms with Crippen molar-refractivity contribution >= 4 is 28.5 Å². The molecule has 2 aromatic heterocycles. The molecule has 2 N–H and O–H groups in total. The van der Waals surface area contributed by atoms with Crippen LogP contribution in [0.15, 0.2) is 0 Å². The molecule has 0 unspecified atom stereocenters. The molecule has 0 saturated heterocycles. The Bertz CT molecular complexity index is 531. The van der Waals surface area contributed by atoms with Crippen LogP contribution >= 0.6 is 11.6 Å². The number of aromatic nitrogens is 4. The van der Waals surface area contributed by atoms with Crippen molar-refractivity contribution in [2.75, 3.05) is 12.4 Å². The van der Waals surface area contributed by atoms with E-state index < -0.39 is 0 Å². The van der Waals surface area contributed by atoms with Gasteiger partial charge in [0.05, 0.1) is 5.69 Å². The third-order valence-corrected chi connectivity index (χ3v) is 3.04. The Kier molecular flexibility index (Phi) is 2.21. The third-order valence-electron chi connectivity index (χ3n) is 2.87. The van der Waals surface area contributed by atoms with E-state index in [1.165, 1.54) is 12.8 Å². The van der Waals surface area contributed by atoms with Crippen molar-refractivity contribution in [1.29, 1.82) is 0 Å². The quantitative estimate of drug-likeness (QED) is 0.802. The molecule has 0 aromatic carbocycles. The number of fused-ring (bicyclic) bond motifs is 1. The average molecular weight is 238 g/mol. The van der Waals surface area contributed by atoms with Crippen LogP contribution in [0.25, 0.3) is 11.0 Å². The number of hydrogen-bond donors (Lipinski definition) is 2. The van der Waals surface area contributed by atoms with Gasteiger partial charge in [-0.2, -0.15) is 10.1 Å². The highest BCUT2D eigenvalue weighted by Gasteiger charge is 2.24. The Morgan fingerprint density at radius 1 is 1.38 bits per heavy atom. The molecular weight excluding hydrogens is 226 g/mol. The van der Waals surface area contributed by atoms with Gasteiger partial charge in [0.2, 0.25) is 5.28 Å². The Hall–Kier alpha value is -1.36. The zero-order valence-electron chi connectivity index (χ0n) is 8.92. The number of aromatic amines is 1. The van der Waals surface area contributed by atoms with E-state index >= 15 is 0 Å². The van der Waals surface area contributed by atoms with Crippen LogP contribution in [0.5, 0.6) is 0 Å². The van der Waals surface area contributed by atoms with Crippen LogP contribution in [0.4, 0.5) is 5.82 Å². The topological polar surface area (TPSA) is 66.5 Å². The highest BCUT2D eigenvalue weighted by atomic mass is 35.5. The molecule has 1 fully saturated rings. The summed E-state index contributed by atoms with van der Waals surface area (Å²) < 4.78 is 0. The minimum atomic E-state index is 0.260. The van der Waals surface area contributed by atoms with Crippen molar-refractivity contribution in [1.82, 2.24) is 20.2 Å². The van der Waals surface area contributed by atoms with Gasteiger partial charge in [-0.25, -0.2) is 4.98 Å². The molecule has 84 valence electrons. The van der Waals surface area contributed by atoms with Gasteiger partial charge >= 0.3 is 0 Å². The van der Waals surface area contributed by atoms with Gasteiger partial charge < -0.3 is 5.32 Å². The molecule has 1 aliphatic carbocycles. The molecular formula is C10H12ClN5. The number of rotatable bonds is 3. The molecule has 0 radical (unpaired) electrons. The largest absolute Gasteiger partial charge is 0.371 e. The van der Waals surface area contributed by atoms with Crippen molar-refractivity contribution in [3.8, 4) is 0 Å². The van der Waals surface area contributed by atoms with E-state index in [2.05, 4.69) is 25.5 Å². The van der Waals surface area contributed by atoms with E-state index in [1.807, 2.05) is 0 Å². The van der Waals surface area contributed by atoms with Crippen molar-refractivity contribution in [2.24, 2.45) is 5.92 Å². The summed E-state index contributed by atoms with van der Waals surface area (Å²) in [6, 6.07) is 0. The van der Waals surface area contributed by atoms with Crippen LogP contribution in [0.3, 0.4) is 0 Å². The van der Waals surface area contributed by atoms with Gasteiger partial charge in [-0.1, -0.05) is 0 Å². The predicted octanol–water partition coefficient (Wildman–Crippen LogP) is 2.00. The second-order valence-corrected chi connectivity index (χ2v) is 4.48. The lowest BCUT2D eigenvalue weighted by molar-refractivity contribution is 0.800. The highest BCUT2D eigenvalue weighted by Crippen LogP contribution is 2.34. The summed E-state index contributed by atoms with van der Waals surface area (Å²) in [5.74, 6) is 1.46. The standard InChI is InChI=1S/C10H12ClN5/c1-12-9-8-7(13-10(11)14-9)6(15-16-8)4-5-2-3-5/h5H,2-4H2,1H3,(H,15,16)(H,12,13,14). The molecule has 2 aromatic rings. The van der Waals surface area contributed by atoms with Crippen molar-refractivity contribution in [2.45, 2.75) is 19.3 Å². The third kappa shape index (κ3) is 1.61. The van der Waals surface area contributed by atoms with E-state index in [9.17, 15) is 0 Å². The Morgan fingerprint density at radius 2 is 2.19 bits per heavy atom. The normalized spacial score (nSPS) is 15.6. The zero-order valence-corrected chi connectivity index (χ0v) is 9.67. The smallest absolute Gasteiger partial charge is 0.225 e. The fraction of sp³-hybridized carbons (Fsp3) is 0.500. The monoisotopic (exact) mass is 237 g/mol. The van der Waals surface area contributed by atoms with Gasteiger partial charge in [-0.05, 0) is 36.8 Å². The lowest BCUT2D eigenvalue weighted by atomic mass is 10.2. The summed E-state index contributed by atoms with van der Waals surface area (Å²) in [4.78, 5) is 8.33. The number of H-pyrrole nitrogens is 1. The number of anilines is 1. The summed E-state index contributed by atoms with van der Waals surface area (Å²) >= 11 is 5.88. The average Bonchev–Trinajstić information content (AvgIpc) is 3.00. The van der Waals surface area contributed by atoms with Gasteiger partial charge in [0.1, 0.15) is 5.52 Å². The minimum Gasteiger partial charge on any atom is -0.371 e. The highest BCUT2D eigenvalue weighted by molar-refractivity contribution is 6.28. The van der Waals surface area contributed by atoms with E-state index in [4.69, 9.17) is 11.6 Å². The number of nitrogens with one attached hydrogen (secondary N) is 2. The molecule has 0 spiro atoms. The van der Waals surface area contributed by atoms with Crippen molar-refractivity contribution in [3.63, 3.8) is 0 Å². The lowest BCUT2D eigenvalue weighted by Crippen LogP contribution is -1.96. The molecule has 0 atom stereocenters. The van der Waals surface area contributed by atoms with Crippen LogP contribution in [0, 0.1) is 5.92 Å². The fourth-order valence-corrected chi connectivity index (χ4v) is 2.02. The fourth-order valence-electron chi connectivity index (χ4n) is 1.85. The molecule has 5 nitrogen and oxygen atoms in total. The van der Waals surface area contributed by atoms with Gasteiger partial charge in [0.15, 0.2) is 11.3 Å². The summed E-state index contributed by atoms with van der Waals surface area (Å²) in [5.41, 5.74) is 2.68. The van der Waals surface area contributed by atoms with Crippen LogP contribution in [0.1, 0.15) is 18.5 Å². The molecule has 1 saturated carbocycles. The number of halogens is 1. The van der Waals surface area contributed by atoms with Crippen LogP contribution < -0.4 is 5.32 Å². The summed E-state index contributed by atoms with van der Waals surface area (Å²) in [6.45, 7) is 0. The Morgan fingerprint density at radius 3 is 2.88 bits per heavy atom. The van der Waals surface area contributed by atoms with Crippen LogP contribution in [0.2, 0.25) is 5.28 Å². The van der Waals surface area contributed by atoms with Crippen LogP contribution in [-0.4, -0.2) is 27.2 Å². The first-order valence-electron chi connectivity index (χ1n) is 5.36. The number of hydrogen-bond acceptors (Lipinski definition) is 4. The SMILES string of the molecule is CNc1nc(Cl)nc2c(CC3CC3)[nH]nc12. The minimum absolute atomic E-state index is 0.260. The maximum absolute atomic E-state index is 5.88. The zero-order chi connectivity index (χ0) is 11.1. The maximum atomic E-state index is 5.88. The van der Waals surface area contributed by atoms with E-state index in [-0.39, 0.29) is 5.28 Å². The molecule has 3 rings (SSSR count).